The molecule has 8 heteroatoms. The topological polar surface area (TPSA) is 133 Å². The molecule has 0 saturated carbocycles. The van der Waals surface area contributed by atoms with Gasteiger partial charge in [-0.15, -0.1) is 0 Å². The van der Waals surface area contributed by atoms with Crippen LogP contribution in [0.2, 0.25) is 0 Å². The van der Waals surface area contributed by atoms with Crippen LogP contribution in [0.3, 0.4) is 0 Å². The molecular weight excluding hydrogens is 262 g/mol. The largest absolute Gasteiger partial charge is 0.367 e. The van der Waals surface area contributed by atoms with Gasteiger partial charge in [0.15, 0.2) is 6.04 Å². The highest BCUT2D eigenvalue weighted by Gasteiger charge is 2.33. The number of nitrogens with one attached hydrogen (secondary N) is 1. The number of hydrogen-bond donors (Lipinski definition) is 3. The number of rotatable bonds is 4. The molecule has 0 spiro atoms. The van der Waals surface area contributed by atoms with E-state index in [1.54, 1.807) is 6.33 Å². The lowest BCUT2D eigenvalue weighted by molar-refractivity contribution is -0.134. The highest BCUT2D eigenvalue weighted by Crippen LogP contribution is 2.30. The molecule has 0 saturated heterocycles. The van der Waals surface area contributed by atoms with E-state index < -0.39 is 29.7 Å². The van der Waals surface area contributed by atoms with Gasteiger partial charge in [0.1, 0.15) is 0 Å². The molecule has 1 aliphatic rings. The molecule has 108 valence electrons. The molecule has 0 fully saturated rings. The summed E-state index contributed by atoms with van der Waals surface area (Å²) in [6, 6.07) is -1.49. The van der Waals surface area contributed by atoms with Crippen LogP contribution >= 0.6 is 0 Å². The van der Waals surface area contributed by atoms with Crippen LogP contribution in [0.1, 0.15) is 30.1 Å². The summed E-state index contributed by atoms with van der Waals surface area (Å²) in [4.78, 5) is 38.6. The van der Waals surface area contributed by atoms with Gasteiger partial charge in [-0.05, 0) is 19.3 Å². The molecule has 1 atom stereocenters. The van der Waals surface area contributed by atoms with Crippen LogP contribution in [0.4, 0.5) is 0 Å². The quantitative estimate of drug-likeness (QED) is 0.566. The van der Waals surface area contributed by atoms with E-state index in [0.717, 1.165) is 18.5 Å². The SMILES string of the molecule is Cn1cnc2c1CCCC2C(=O)NC(C(N)=O)C(N)=O. The van der Waals surface area contributed by atoms with Crippen LogP contribution in [-0.4, -0.2) is 33.3 Å². The van der Waals surface area contributed by atoms with Crippen molar-refractivity contribution in [2.45, 2.75) is 31.2 Å². The van der Waals surface area contributed by atoms with Crippen LogP contribution in [0.25, 0.3) is 0 Å². The Balaban J connectivity index is 2.18. The highest BCUT2D eigenvalue weighted by atomic mass is 16.2. The maximum Gasteiger partial charge on any atom is 0.249 e. The van der Waals surface area contributed by atoms with Gasteiger partial charge >= 0.3 is 0 Å². The number of carbonyl (C=O) groups excluding carboxylic acids is 3. The van der Waals surface area contributed by atoms with Crippen LogP contribution in [0.15, 0.2) is 6.33 Å². The Kier molecular flexibility index (Phi) is 3.73. The fourth-order valence-electron chi connectivity index (χ4n) is 2.46. The lowest BCUT2D eigenvalue weighted by atomic mass is 9.89. The number of carbonyl (C=O) groups is 3. The number of fused-ring (bicyclic) bond motifs is 1. The van der Waals surface area contributed by atoms with Gasteiger partial charge in [-0.25, -0.2) is 4.98 Å². The smallest absolute Gasteiger partial charge is 0.249 e. The Morgan fingerprint density at radius 1 is 1.40 bits per heavy atom. The maximum absolute atomic E-state index is 12.2. The second kappa shape index (κ2) is 5.32. The molecule has 1 aromatic rings. The normalized spacial score (nSPS) is 17.6. The summed E-state index contributed by atoms with van der Waals surface area (Å²) >= 11 is 0. The molecule has 1 unspecified atom stereocenters. The maximum atomic E-state index is 12.2. The third kappa shape index (κ3) is 2.49. The summed E-state index contributed by atoms with van der Waals surface area (Å²) in [5.74, 6) is -2.88. The third-order valence-electron chi connectivity index (χ3n) is 3.50. The Hall–Kier alpha value is -2.38. The van der Waals surface area contributed by atoms with E-state index in [0.29, 0.717) is 12.1 Å². The zero-order valence-electron chi connectivity index (χ0n) is 11.1. The van der Waals surface area contributed by atoms with E-state index in [2.05, 4.69) is 10.3 Å². The van der Waals surface area contributed by atoms with Gasteiger partial charge in [0.2, 0.25) is 17.7 Å². The molecular formula is C12H17N5O3. The van der Waals surface area contributed by atoms with E-state index in [1.807, 2.05) is 11.6 Å². The fourth-order valence-corrected chi connectivity index (χ4v) is 2.46. The van der Waals surface area contributed by atoms with Gasteiger partial charge < -0.3 is 21.4 Å². The molecule has 2 rings (SSSR count). The van der Waals surface area contributed by atoms with Crippen molar-refractivity contribution in [3.8, 4) is 0 Å². The predicted octanol–water partition coefficient (Wildman–Crippen LogP) is -1.70. The number of hydrogen-bond acceptors (Lipinski definition) is 4. The summed E-state index contributed by atoms with van der Waals surface area (Å²) < 4.78 is 1.87. The molecule has 0 aliphatic heterocycles. The van der Waals surface area contributed by atoms with Crippen molar-refractivity contribution in [2.24, 2.45) is 18.5 Å². The number of aryl methyl sites for hydroxylation is 1. The minimum absolute atomic E-state index is 0.452. The minimum atomic E-state index is -1.49. The zero-order chi connectivity index (χ0) is 14.9. The first-order chi connectivity index (χ1) is 9.41. The van der Waals surface area contributed by atoms with Crippen molar-refractivity contribution in [1.29, 1.82) is 0 Å². The Labute approximate surface area is 115 Å². The Morgan fingerprint density at radius 3 is 2.65 bits per heavy atom. The molecule has 1 heterocycles. The lowest BCUT2D eigenvalue weighted by Gasteiger charge is -2.23. The van der Waals surface area contributed by atoms with Crippen LogP contribution in [-0.2, 0) is 27.9 Å². The van der Waals surface area contributed by atoms with E-state index in [-0.39, 0.29) is 0 Å². The molecule has 1 aliphatic carbocycles. The van der Waals surface area contributed by atoms with Crippen molar-refractivity contribution in [2.75, 3.05) is 0 Å². The lowest BCUT2D eigenvalue weighted by Crippen LogP contribution is -2.53. The van der Waals surface area contributed by atoms with Crippen molar-refractivity contribution in [3.63, 3.8) is 0 Å². The standard InChI is InChI=1S/C12H17N5O3/c1-17-5-15-8-6(3-2-4-7(8)17)12(20)16-9(10(13)18)11(14)19/h5-6,9H,2-4H2,1H3,(H2,13,18)(H2,14,19)(H,16,20). The van der Waals surface area contributed by atoms with Crippen LogP contribution in [0, 0.1) is 0 Å². The van der Waals surface area contributed by atoms with Crippen LogP contribution in [0.5, 0.6) is 0 Å². The monoisotopic (exact) mass is 279 g/mol. The number of aromatic nitrogens is 2. The predicted molar refractivity (Wildman–Crippen MR) is 69.2 cm³/mol. The molecule has 20 heavy (non-hydrogen) atoms. The van der Waals surface area contributed by atoms with Crippen molar-refractivity contribution >= 4 is 17.7 Å². The first-order valence-corrected chi connectivity index (χ1v) is 6.31. The first kappa shape index (κ1) is 14.0. The number of imidazole rings is 1. The molecule has 5 N–H and O–H groups in total. The summed E-state index contributed by atoms with van der Waals surface area (Å²) in [7, 11) is 1.86. The van der Waals surface area contributed by atoms with E-state index >= 15 is 0 Å². The van der Waals surface area contributed by atoms with Gasteiger partial charge in [0, 0.05) is 12.7 Å². The van der Waals surface area contributed by atoms with Gasteiger partial charge in [-0.2, -0.15) is 0 Å². The first-order valence-electron chi connectivity index (χ1n) is 6.31. The van der Waals surface area contributed by atoms with Crippen molar-refractivity contribution in [1.82, 2.24) is 14.9 Å². The van der Waals surface area contributed by atoms with E-state index in [1.165, 1.54) is 0 Å². The van der Waals surface area contributed by atoms with E-state index in [9.17, 15) is 14.4 Å². The number of primary amides is 2. The summed E-state index contributed by atoms with van der Waals surface area (Å²) in [5, 5.41) is 2.30. The van der Waals surface area contributed by atoms with Gasteiger partial charge in [0.05, 0.1) is 17.9 Å². The number of amides is 3. The second-order valence-electron chi connectivity index (χ2n) is 4.88. The van der Waals surface area contributed by atoms with Gasteiger partial charge in [0.25, 0.3) is 0 Å². The Morgan fingerprint density at radius 2 is 2.05 bits per heavy atom. The Bertz CT molecular complexity index is 551. The van der Waals surface area contributed by atoms with Gasteiger partial charge in [-0.1, -0.05) is 0 Å². The summed E-state index contributed by atoms with van der Waals surface area (Å²) in [5.41, 5.74) is 11.8. The van der Waals surface area contributed by atoms with Crippen LogP contribution < -0.4 is 16.8 Å². The molecule has 0 aromatic carbocycles. The molecule has 1 aromatic heterocycles. The number of nitrogens with two attached hydrogens (primary N) is 2. The van der Waals surface area contributed by atoms with Gasteiger partial charge in [-0.3, -0.25) is 14.4 Å². The summed E-state index contributed by atoms with van der Waals surface area (Å²) in [6.45, 7) is 0. The number of nitrogens with zero attached hydrogens (tertiary/aromatic N) is 2. The molecule has 3 amide bonds. The third-order valence-corrected chi connectivity index (χ3v) is 3.50. The minimum Gasteiger partial charge on any atom is -0.367 e. The summed E-state index contributed by atoms with van der Waals surface area (Å²) in [6.07, 6.45) is 3.95. The molecule has 0 radical (unpaired) electrons. The highest BCUT2D eigenvalue weighted by molar-refractivity contribution is 6.06. The fraction of sp³-hybridized carbons (Fsp3) is 0.500. The zero-order valence-corrected chi connectivity index (χ0v) is 11.1. The average molecular weight is 279 g/mol. The van der Waals surface area contributed by atoms with Crippen molar-refractivity contribution < 1.29 is 14.4 Å². The average Bonchev–Trinajstić information content (AvgIpc) is 2.77. The van der Waals surface area contributed by atoms with E-state index in [4.69, 9.17) is 11.5 Å². The second-order valence-corrected chi connectivity index (χ2v) is 4.88. The molecule has 0 bridgehead atoms. The molecule has 8 nitrogen and oxygen atoms in total. The van der Waals surface area contributed by atoms with Crippen molar-refractivity contribution in [3.05, 3.63) is 17.7 Å².